The standard InChI is InChI=1S/C42H72N2O2/c1-4-7-10-13-16-19-22-25-36(34-28-30-39(43)37(32-34)41(45)26-23-20-17-14-11-8-5-2)35-29-31-40(44)38(33-35)42(46)27-24-21-18-15-12-9-6-3/h28-33,36,41-42,45-46H,4-27,43-44H2,1-3H3. The van der Waals surface area contributed by atoms with E-state index in [-0.39, 0.29) is 5.92 Å². The molecule has 2 aromatic rings. The maximum Gasteiger partial charge on any atom is 0.0810 e. The predicted molar refractivity (Wildman–Crippen MR) is 201 cm³/mol. The van der Waals surface area contributed by atoms with E-state index in [1.54, 1.807) is 0 Å². The Balaban J connectivity index is 2.16. The van der Waals surface area contributed by atoms with Gasteiger partial charge < -0.3 is 21.7 Å². The van der Waals surface area contributed by atoms with Crippen molar-refractivity contribution >= 4 is 11.4 Å². The molecular weight excluding hydrogens is 564 g/mol. The molecule has 0 bridgehead atoms. The van der Waals surface area contributed by atoms with Crippen LogP contribution >= 0.6 is 0 Å². The number of rotatable bonds is 28. The van der Waals surface area contributed by atoms with E-state index < -0.39 is 12.2 Å². The van der Waals surface area contributed by atoms with Crippen LogP contribution in [-0.2, 0) is 0 Å². The normalized spacial score (nSPS) is 13.6. The topological polar surface area (TPSA) is 92.5 Å². The summed E-state index contributed by atoms with van der Waals surface area (Å²) in [6.07, 6.45) is 27.6. The molecule has 6 N–H and O–H groups in total. The molecule has 0 radical (unpaired) electrons. The van der Waals surface area contributed by atoms with Crippen molar-refractivity contribution < 1.29 is 10.2 Å². The lowest BCUT2D eigenvalue weighted by atomic mass is 9.83. The molecular formula is C42H72N2O2. The number of hydrogen-bond acceptors (Lipinski definition) is 4. The Labute approximate surface area is 284 Å². The van der Waals surface area contributed by atoms with Crippen LogP contribution in [-0.4, -0.2) is 10.2 Å². The monoisotopic (exact) mass is 637 g/mol. The Morgan fingerprint density at radius 2 is 0.739 bits per heavy atom. The fraction of sp³-hybridized carbons (Fsp3) is 0.714. The first-order valence-electron chi connectivity index (χ1n) is 19.6. The van der Waals surface area contributed by atoms with Gasteiger partial charge in [-0.1, -0.05) is 180 Å². The van der Waals surface area contributed by atoms with Gasteiger partial charge in [-0.05, 0) is 42.5 Å². The first kappa shape index (κ1) is 40.1. The van der Waals surface area contributed by atoms with E-state index in [0.29, 0.717) is 11.4 Å². The van der Waals surface area contributed by atoms with Gasteiger partial charge in [-0.3, -0.25) is 0 Å². The Kier molecular flexibility index (Phi) is 21.8. The molecule has 0 aliphatic rings. The van der Waals surface area contributed by atoms with E-state index in [9.17, 15) is 10.2 Å². The average molecular weight is 637 g/mol. The third kappa shape index (κ3) is 15.7. The van der Waals surface area contributed by atoms with Crippen molar-refractivity contribution in [2.75, 3.05) is 11.5 Å². The Morgan fingerprint density at radius 1 is 0.435 bits per heavy atom. The summed E-state index contributed by atoms with van der Waals surface area (Å²) in [5.74, 6) is 0.172. The molecule has 2 unspecified atom stereocenters. The van der Waals surface area contributed by atoms with Gasteiger partial charge in [0.1, 0.15) is 0 Å². The fourth-order valence-corrected chi connectivity index (χ4v) is 6.93. The second-order valence-corrected chi connectivity index (χ2v) is 14.1. The summed E-state index contributed by atoms with van der Waals surface area (Å²) in [5.41, 5.74) is 18.4. The van der Waals surface area contributed by atoms with E-state index in [1.807, 2.05) is 12.1 Å². The van der Waals surface area contributed by atoms with Crippen molar-refractivity contribution in [2.45, 2.75) is 193 Å². The molecule has 0 heterocycles. The van der Waals surface area contributed by atoms with Crippen LogP contribution in [0.5, 0.6) is 0 Å². The van der Waals surface area contributed by atoms with Gasteiger partial charge in [0.05, 0.1) is 12.2 Å². The zero-order chi connectivity index (χ0) is 33.4. The molecule has 0 aromatic heterocycles. The summed E-state index contributed by atoms with van der Waals surface area (Å²) in [7, 11) is 0. The van der Waals surface area contributed by atoms with Crippen LogP contribution in [0.4, 0.5) is 11.4 Å². The molecule has 2 atom stereocenters. The third-order valence-corrected chi connectivity index (χ3v) is 10.0. The molecule has 46 heavy (non-hydrogen) atoms. The second kappa shape index (κ2) is 25.0. The third-order valence-electron chi connectivity index (χ3n) is 10.0. The lowest BCUT2D eigenvalue weighted by Gasteiger charge is -2.23. The van der Waals surface area contributed by atoms with E-state index in [4.69, 9.17) is 11.5 Å². The fourth-order valence-electron chi connectivity index (χ4n) is 6.93. The average Bonchev–Trinajstić information content (AvgIpc) is 3.06. The maximum absolute atomic E-state index is 11.2. The van der Waals surface area contributed by atoms with Crippen LogP contribution in [0.15, 0.2) is 36.4 Å². The van der Waals surface area contributed by atoms with Crippen LogP contribution in [0.2, 0.25) is 0 Å². The van der Waals surface area contributed by atoms with E-state index in [0.717, 1.165) is 62.5 Å². The second-order valence-electron chi connectivity index (χ2n) is 14.1. The van der Waals surface area contributed by atoms with Gasteiger partial charge in [-0.15, -0.1) is 0 Å². The Hall–Kier alpha value is -2.04. The van der Waals surface area contributed by atoms with Crippen LogP contribution in [0.3, 0.4) is 0 Å². The van der Waals surface area contributed by atoms with Crippen molar-refractivity contribution in [3.63, 3.8) is 0 Å². The highest BCUT2D eigenvalue weighted by molar-refractivity contribution is 5.54. The zero-order valence-electron chi connectivity index (χ0n) is 30.2. The Bertz CT molecular complexity index is 965. The van der Waals surface area contributed by atoms with Gasteiger partial charge >= 0.3 is 0 Å². The summed E-state index contributed by atoms with van der Waals surface area (Å²) >= 11 is 0. The number of nitrogen functional groups attached to an aromatic ring is 2. The van der Waals surface area contributed by atoms with Gasteiger partial charge in [-0.25, -0.2) is 0 Å². The van der Waals surface area contributed by atoms with E-state index in [2.05, 4.69) is 45.0 Å². The van der Waals surface area contributed by atoms with Gasteiger partial charge in [0, 0.05) is 28.4 Å². The highest BCUT2D eigenvalue weighted by atomic mass is 16.3. The molecule has 2 rings (SSSR count). The molecule has 262 valence electrons. The highest BCUT2D eigenvalue weighted by Gasteiger charge is 2.21. The quantitative estimate of drug-likeness (QED) is 0.0552. The molecule has 0 saturated carbocycles. The molecule has 0 aliphatic heterocycles. The van der Waals surface area contributed by atoms with E-state index in [1.165, 1.54) is 114 Å². The molecule has 0 spiro atoms. The number of benzene rings is 2. The maximum atomic E-state index is 11.2. The summed E-state index contributed by atoms with van der Waals surface area (Å²) in [4.78, 5) is 0. The largest absolute Gasteiger partial charge is 0.398 e. The summed E-state index contributed by atoms with van der Waals surface area (Å²) in [6, 6.07) is 12.6. The van der Waals surface area contributed by atoms with Gasteiger partial charge in [0.25, 0.3) is 0 Å². The molecule has 0 aliphatic carbocycles. The number of nitrogens with two attached hydrogens (primary N) is 2. The number of anilines is 2. The smallest absolute Gasteiger partial charge is 0.0810 e. The SMILES string of the molecule is CCCCCCCCCC(O)c1cc(C(CCCCCCCCC)c2ccc(N)c(C(O)CCCCCCCCC)c2)ccc1N. The first-order chi connectivity index (χ1) is 22.4. The van der Waals surface area contributed by atoms with Crippen molar-refractivity contribution in [2.24, 2.45) is 0 Å². The minimum atomic E-state index is -0.541. The van der Waals surface area contributed by atoms with Crippen molar-refractivity contribution in [1.29, 1.82) is 0 Å². The van der Waals surface area contributed by atoms with E-state index >= 15 is 0 Å². The molecule has 0 saturated heterocycles. The summed E-state index contributed by atoms with van der Waals surface area (Å²) in [6.45, 7) is 6.77. The summed E-state index contributed by atoms with van der Waals surface area (Å²) in [5, 5.41) is 22.4. The lowest BCUT2D eigenvalue weighted by molar-refractivity contribution is 0.164. The number of aliphatic hydroxyl groups excluding tert-OH is 2. The Morgan fingerprint density at radius 3 is 1.09 bits per heavy atom. The van der Waals surface area contributed by atoms with Gasteiger partial charge in [-0.2, -0.15) is 0 Å². The van der Waals surface area contributed by atoms with Gasteiger partial charge in [0.2, 0.25) is 0 Å². The number of unbranched alkanes of at least 4 members (excludes halogenated alkanes) is 18. The predicted octanol–water partition coefficient (Wildman–Crippen LogP) is 12.5. The van der Waals surface area contributed by atoms with Crippen molar-refractivity contribution in [3.05, 3.63) is 58.7 Å². The molecule has 2 aromatic carbocycles. The van der Waals surface area contributed by atoms with Crippen LogP contribution < -0.4 is 11.5 Å². The molecule has 0 fully saturated rings. The van der Waals surface area contributed by atoms with Crippen LogP contribution in [0.1, 0.15) is 215 Å². The van der Waals surface area contributed by atoms with Crippen molar-refractivity contribution in [3.8, 4) is 0 Å². The van der Waals surface area contributed by atoms with Crippen LogP contribution in [0, 0.1) is 0 Å². The molecule has 4 nitrogen and oxygen atoms in total. The summed E-state index contributed by atoms with van der Waals surface area (Å²) < 4.78 is 0. The zero-order valence-corrected chi connectivity index (χ0v) is 30.2. The molecule has 0 amide bonds. The first-order valence-corrected chi connectivity index (χ1v) is 19.6. The van der Waals surface area contributed by atoms with Crippen molar-refractivity contribution in [1.82, 2.24) is 0 Å². The number of hydrogen-bond donors (Lipinski definition) is 4. The molecule has 4 heteroatoms. The minimum Gasteiger partial charge on any atom is -0.398 e. The highest BCUT2D eigenvalue weighted by Crippen LogP contribution is 2.37. The van der Waals surface area contributed by atoms with Gasteiger partial charge in [0.15, 0.2) is 0 Å². The van der Waals surface area contributed by atoms with Crippen LogP contribution in [0.25, 0.3) is 0 Å². The number of aliphatic hydroxyl groups is 2. The lowest BCUT2D eigenvalue weighted by Crippen LogP contribution is -2.09. The minimum absolute atomic E-state index is 0.172.